The molecule has 3 heterocycles. The van der Waals surface area contributed by atoms with Crippen LogP contribution in [-0.4, -0.2) is 36.1 Å². The number of nitrogens with two attached hydrogens (primary N) is 1. The smallest absolute Gasteiger partial charge is 0.128 e. The Hall–Kier alpha value is -2.14. The van der Waals surface area contributed by atoms with Gasteiger partial charge in [0.1, 0.15) is 11.6 Å². The van der Waals surface area contributed by atoms with Crippen molar-refractivity contribution in [2.75, 3.05) is 36.0 Å². The number of hydrogen-bond donors (Lipinski definition) is 1. The Bertz CT molecular complexity index is 576. The van der Waals surface area contributed by atoms with Crippen LogP contribution in [0.3, 0.4) is 0 Å². The van der Waals surface area contributed by atoms with Gasteiger partial charge in [0.2, 0.25) is 0 Å². The van der Waals surface area contributed by atoms with Crippen LogP contribution in [0.1, 0.15) is 18.5 Å². The van der Waals surface area contributed by atoms with Gasteiger partial charge in [0.25, 0.3) is 0 Å². The van der Waals surface area contributed by atoms with E-state index >= 15 is 0 Å². The van der Waals surface area contributed by atoms with E-state index in [4.69, 9.17) is 5.73 Å². The van der Waals surface area contributed by atoms with Crippen molar-refractivity contribution < 1.29 is 0 Å². The van der Waals surface area contributed by atoms with Gasteiger partial charge >= 0.3 is 0 Å². The lowest BCUT2D eigenvalue weighted by Gasteiger charge is -2.36. The van der Waals surface area contributed by atoms with E-state index in [-0.39, 0.29) is 6.04 Å². The van der Waals surface area contributed by atoms with Crippen LogP contribution in [-0.2, 0) is 0 Å². The van der Waals surface area contributed by atoms with Crippen molar-refractivity contribution in [1.29, 1.82) is 0 Å². The molecule has 2 N–H and O–H groups in total. The predicted octanol–water partition coefficient (Wildman–Crippen LogP) is 1.82. The standard InChI is InChI=1S/C16H21N5/c1-13(17)14-5-7-19-16(12-14)21-10-8-20(9-11-21)15-4-2-3-6-18-15/h2-7,12-13H,8-11,17H2,1H3/t13-/m0/s1. The number of nitrogens with zero attached hydrogens (tertiary/aromatic N) is 4. The van der Waals surface area contributed by atoms with Crippen LogP contribution in [0.15, 0.2) is 42.7 Å². The van der Waals surface area contributed by atoms with Gasteiger partial charge in [-0.3, -0.25) is 0 Å². The van der Waals surface area contributed by atoms with E-state index < -0.39 is 0 Å². The molecule has 0 radical (unpaired) electrons. The quantitative estimate of drug-likeness (QED) is 0.931. The Kier molecular flexibility index (Phi) is 4.01. The maximum Gasteiger partial charge on any atom is 0.128 e. The summed E-state index contributed by atoms with van der Waals surface area (Å²) in [6.45, 7) is 5.82. The number of aromatic nitrogens is 2. The summed E-state index contributed by atoms with van der Waals surface area (Å²) in [5.74, 6) is 2.07. The van der Waals surface area contributed by atoms with Crippen molar-refractivity contribution in [3.05, 3.63) is 48.3 Å². The minimum Gasteiger partial charge on any atom is -0.353 e. The van der Waals surface area contributed by atoms with Crippen molar-refractivity contribution in [3.63, 3.8) is 0 Å². The van der Waals surface area contributed by atoms with Crippen molar-refractivity contribution in [2.24, 2.45) is 5.73 Å². The largest absolute Gasteiger partial charge is 0.353 e. The first kappa shape index (κ1) is 13.8. The zero-order valence-electron chi connectivity index (χ0n) is 12.3. The van der Waals surface area contributed by atoms with E-state index in [0.717, 1.165) is 43.4 Å². The molecule has 2 aromatic heterocycles. The van der Waals surface area contributed by atoms with Crippen LogP contribution >= 0.6 is 0 Å². The predicted molar refractivity (Wildman–Crippen MR) is 85.5 cm³/mol. The molecule has 0 aliphatic carbocycles. The summed E-state index contributed by atoms with van der Waals surface area (Å²) >= 11 is 0. The second-order valence-electron chi connectivity index (χ2n) is 5.40. The first-order valence-corrected chi connectivity index (χ1v) is 7.36. The molecule has 1 fully saturated rings. The fourth-order valence-electron chi connectivity index (χ4n) is 2.60. The van der Waals surface area contributed by atoms with Crippen LogP contribution in [0.25, 0.3) is 0 Å². The van der Waals surface area contributed by atoms with E-state index in [1.54, 1.807) is 0 Å². The van der Waals surface area contributed by atoms with E-state index in [2.05, 4.69) is 31.9 Å². The van der Waals surface area contributed by atoms with Gasteiger partial charge < -0.3 is 15.5 Å². The van der Waals surface area contributed by atoms with Gasteiger partial charge in [-0.15, -0.1) is 0 Å². The molecule has 3 rings (SSSR count). The summed E-state index contributed by atoms with van der Waals surface area (Å²) in [6, 6.07) is 10.2. The third-order valence-electron chi connectivity index (χ3n) is 3.87. The SMILES string of the molecule is C[C@H](N)c1ccnc(N2CCN(c3ccccn3)CC2)c1. The van der Waals surface area contributed by atoms with E-state index in [1.807, 2.05) is 37.5 Å². The highest BCUT2D eigenvalue weighted by atomic mass is 15.3. The molecule has 1 atom stereocenters. The molecule has 5 heteroatoms. The van der Waals surface area contributed by atoms with Crippen LogP contribution in [0.5, 0.6) is 0 Å². The van der Waals surface area contributed by atoms with Crippen LogP contribution in [0.4, 0.5) is 11.6 Å². The molecular formula is C16H21N5. The monoisotopic (exact) mass is 283 g/mol. The summed E-state index contributed by atoms with van der Waals surface area (Å²) in [5.41, 5.74) is 7.08. The molecule has 1 aliphatic rings. The average Bonchev–Trinajstić information content (AvgIpc) is 2.56. The molecule has 0 aromatic carbocycles. The Morgan fingerprint density at radius 3 is 2.24 bits per heavy atom. The zero-order chi connectivity index (χ0) is 14.7. The fourth-order valence-corrected chi connectivity index (χ4v) is 2.60. The third kappa shape index (κ3) is 3.13. The van der Waals surface area contributed by atoms with Gasteiger partial charge in [-0.2, -0.15) is 0 Å². The van der Waals surface area contributed by atoms with Gasteiger partial charge in [0.05, 0.1) is 0 Å². The second-order valence-corrected chi connectivity index (χ2v) is 5.40. The molecule has 21 heavy (non-hydrogen) atoms. The van der Waals surface area contributed by atoms with Crippen LogP contribution in [0, 0.1) is 0 Å². The van der Waals surface area contributed by atoms with Crippen molar-refractivity contribution >= 4 is 11.6 Å². The summed E-state index contributed by atoms with van der Waals surface area (Å²) in [4.78, 5) is 13.5. The number of pyridine rings is 2. The minimum atomic E-state index is 0.0431. The topological polar surface area (TPSA) is 58.3 Å². The molecule has 110 valence electrons. The highest BCUT2D eigenvalue weighted by molar-refractivity contribution is 5.46. The molecule has 0 amide bonds. The summed E-state index contributed by atoms with van der Waals surface area (Å²) in [7, 11) is 0. The molecular weight excluding hydrogens is 262 g/mol. The molecule has 0 unspecified atom stereocenters. The van der Waals surface area contributed by atoms with Gasteiger partial charge in [-0.25, -0.2) is 9.97 Å². The normalized spacial score (nSPS) is 16.9. The van der Waals surface area contributed by atoms with Gasteiger partial charge in [-0.1, -0.05) is 6.07 Å². The number of hydrogen-bond acceptors (Lipinski definition) is 5. The van der Waals surface area contributed by atoms with Gasteiger partial charge in [0, 0.05) is 44.6 Å². The van der Waals surface area contributed by atoms with Crippen molar-refractivity contribution in [1.82, 2.24) is 9.97 Å². The highest BCUT2D eigenvalue weighted by Crippen LogP contribution is 2.20. The lowest BCUT2D eigenvalue weighted by molar-refractivity contribution is 0.641. The number of anilines is 2. The summed E-state index contributed by atoms with van der Waals surface area (Å²) < 4.78 is 0. The molecule has 0 bridgehead atoms. The minimum absolute atomic E-state index is 0.0431. The number of piperazine rings is 1. The van der Waals surface area contributed by atoms with E-state index in [9.17, 15) is 0 Å². The Morgan fingerprint density at radius 1 is 0.952 bits per heavy atom. The summed E-state index contributed by atoms with van der Waals surface area (Å²) in [5, 5.41) is 0. The Labute approximate surface area is 125 Å². The van der Waals surface area contributed by atoms with Crippen LogP contribution in [0.2, 0.25) is 0 Å². The molecule has 1 aliphatic heterocycles. The zero-order valence-corrected chi connectivity index (χ0v) is 12.3. The van der Waals surface area contributed by atoms with Gasteiger partial charge in [-0.05, 0) is 36.8 Å². The summed E-state index contributed by atoms with van der Waals surface area (Å²) in [6.07, 6.45) is 3.69. The Balaban J connectivity index is 1.67. The first-order chi connectivity index (χ1) is 10.2. The van der Waals surface area contributed by atoms with Crippen molar-refractivity contribution in [2.45, 2.75) is 13.0 Å². The van der Waals surface area contributed by atoms with Gasteiger partial charge in [0.15, 0.2) is 0 Å². The lowest BCUT2D eigenvalue weighted by Crippen LogP contribution is -2.47. The second kappa shape index (κ2) is 6.10. The average molecular weight is 283 g/mol. The Morgan fingerprint density at radius 2 is 1.62 bits per heavy atom. The lowest BCUT2D eigenvalue weighted by atomic mass is 10.1. The van der Waals surface area contributed by atoms with E-state index in [1.165, 1.54) is 0 Å². The molecule has 0 saturated carbocycles. The van der Waals surface area contributed by atoms with Crippen molar-refractivity contribution in [3.8, 4) is 0 Å². The molecule has 1 saturated heterocycles. The maximum atomic E-state index is 5.95. The third-order valence-corrected chi connectivity index (χ3v) is 3.87. The molecule has 0 spiro atoms. The maximum absolute atomic E-state index is 5.95. The van der Waals surface area contributed by atoms with E-state index in [0.29, 0.717) is 0 Å². The first-order valence-electron chi connectivity index (χ1n) is 7.36. The van der Waals surface area contributed by atoms with Crippen LogP contribution < -0.4 is 15.5 Å². The number of rotatable bonds is 3. The molecule has 5 nitrogen and oxygen atoms in total. The molecule has 2 aromatic rings. The fraction of sp³-hybridized carbons (Fsp3) is 0.375. The highest BCUT2D eigenvalue weighted by Gasteiger charge is 2.19.